The number of nitrogen functional groups attached to an aromatic ring is 1. The molecule has 1 unspecified atom stereocenters. The van der Waals surface area contributed by atoms with Crippen LogP contribution in [0.3, 0.4) is 0 Å². The van der Waals surface area contributed by atoms with Crippen LogP contribution in [0.1, 0.15) is 40.5 Å². The predicted octanol–water partition coefficient (Wildman–Crippen LogP) is 2.18. The van der Waals surface area contributed by atoms with Crippen LogP contribution in [0.4, 0.5) is 5.69 Å². The van der Waals surface area contributed by atoms with E-state index in [1.165, 1.54) is 17.8 Å². The van der Waals surface area contributed by atoms with Crippen molar-refractivity contribution >= 4 is 11.6 Å². The molecule has 1 aliphatic rings. The van der Waals surface area contributed by atoms with Crippen LogP contribution in [0.5, 0.6) is 5.75 Å². The first-order valence-corrected chi connectivity index (χ1v) is 6.98. The number of nitrogens with zero attached hydrogens (tertiary/aromatic N) is 1. The average molecular weight is 283 g/mol. The summed E-state index contributed by atoms with van der Waals surface area (Å²) >= 11 is 0. The van der Waals surface area contributed by atoms with Crippen LogP contribution >= 0.6 is 0 Å². The van der Waals surface area contributed by atoms with Gasteiger partial charge in [-0.25, -0.2) is 4.98 Å². The molecule has 0 saturated carbocycles. The number of hydrogen-bond acceptors (Lipinski definition) is 4. The Labute approximate surface area is 122 Å². The van der Waals surface area contributed by atoms with E-state index >= 15 is 0 Å². The minimum Gasteiger partial charge on any atom is -0.505 e. The van der Waals surface area contributed by atoms with Crippen molar-refractivity contribution in [3.63, 3.8) is 0 Å². The molecule has 1 amide bonds. The van der Waals surface area contributed by atoms with Crippen molar-refractivity contribution in [1.82, 2.24) is 10.3 Å². The fraction of sp³-hybridized carbons (Fsp3) is 0.250. The molecule has 0 radical (unpaired) electrons. The van der Waals surface area contributed by atoms with Crippen LogP contribution < -0.4 is 11.1 Å². The summed E-state index contributed by atoms with van der Waals surface area (Å²) in [5, 5.41) is 12.7. The molecule has 1 aromatic carbocycles. The van der Waals surface area contributed by atoms with Gasteiger partial charge in [-0.2, -0.15) is 0 Å². The first-order valence-electron chi connectivity index (χ1n) is 6.98. The van der Waals surface area contributed by atoms with E-state index in [4.69, 9.17) is 5.73 Å². The summed E-state index contributed by atoms with van der Waals surface area (Å²) in [6.07, 6.45) is 4.33. The third kappa shape index (κ3) is 2.67. The maximum Gasteiger partial charge on any atom is 0.274 e. The van der Waals surface area contributed by atoms with E-state index in [-0.39, 0.29) is 23.4 Å². The van der Waals surface area contributed by atoms with Gasteiger partial charge in [0.25, 0.3) is 5.91 Å². The molecule has 5 heteroatoms. The lowest BCUT2D eigenvalue weighted by Gasteiger charge is -2.26. The Morgan fingerprint density at radius 3 is 3.05 bits per heavy atom. The molecule has 5 nitrogen and oxygen atoms in total. The number of nitrogens with two attached hydrogens (primary N) is 1. The number of aryl methyl sites for hydroxylation is 1. The maximum atomic E-state index is 12.3. The molecular formula is C16H17N3O2. The number of anilines is 1. The van der Waals surface area contributed by atoms with Gasteiger partial charge in [0, 0.05) is 11.9 Å². The SMILES string of the molecule is Nc1ccc2c(c1)CCCC2NC(=O)c1ncccc1O. The molecule has 0 bridgehead atoms. The number of carbonyl (C=O) groups excluding carboxylic acids is 1. The van der Waals surface area contributed by atoms with Gasteiger partial charge in [0.05, 0.1) is 6.04 Å². The fourth-order valence-electron chi connectivity index (χ4n) is 2.78. The number of pyridine rings is 1. The molecule has 108 valence electrons. The van der Waals surface area contributed by atoms with Gasteiger partial charge in [0.1, 0.15) is 5.75 Å². The highest BCUT2D eigenvalue weighted by Gasteiger charge is 2.23. The number of aromatic nitrogens is 1. The minimum absolute atomic E-state index is 0.0556. The lowest BCUT2D eigenvalue weighted by Crippen LogP contribution is -2.31. The van der Waals surface area contributed by atoms with E-state index in [2.05, 4.69) is 10.3 Å². The summed E-state index contributed by atoms with van der Waals surface area (Å²) in [5.74, 6) is -0.467. The van der Waals surface area contributed by atoms with Crippen LogP contribution in [0, 0.1) is 0 Å². The standard InChI is InChI=1S/C16H17N3O2/c17-11-6-7-12-10(9-11)3-1-4-13(12)19-16(21)15-14(20)5-2-8-18-15/h2,5-9,13,20H,1,3-4,17H2,(H,19,21). The molecule has 0 spiro atoms. The second kappa shape index (κ2) is 5.44. The second-order valence-electron chi connectivity index (χ2n) is 5.25. The monoisotopic (exact) mass is 283 g/mol. The average Bonchev–Trinajstić information content (AvgIpc) is 2.47. The zero-order valence-corrected chi connectivity index (χ0v) is 11.5. The summed E-state index contributed by atoms with van der Waals surface area (Å²) in [4.78, 5) is 16.2. The highest BCUT2D eigenvalue weighted by atomic mass is 16.3. The van der Waals surface area contributed by atoms with Crippen LogP contribution in [0.25, 0.3) is 0 Å². The Morgan fingerprint density at radius 1 is 1.38 bits per heavy atom. The van der Waals surface area contributed by atoms with Crippen molar-refractivity contribution < 1.29 is 9.90 Å². The van der Waals surface area contributed by atoms with Crippen molar-refractivity contribution in [3.8, 4) is 5.75 Å². The number of rotatable bonds is 2. The molecule has 1 aliphatic carbocycles. The van der Waals surface area contributed by atoms with Crippen LogP contribution in [-0.4, -0.2) is 16.0 Å². The van der Waals surface area contributed by atoms with Crippen molar-refractivity contribution in [1.29, 1.82) is 0 Å². The number of fused-ring (bicyclic) bond motifs is 1. The van der Waals surface area contributed by atoms with Gasteiger partial charge in [-0.1, -0.05) is 6.07 Å². The van der Waals surface area contributed by atoms with E-state index in [0.29, 0.717) is 0 Å². The Kier molecular flexibility index (Phi) is 3.48. The number of nitrogens with one attached hydrogen (secondary N) is 1. The minimum atomic E-state index is -0.359. The molecule has 4 N–H and O–H groups in total. The summed E-state index contributed by atoms with van der Waals surface area (Å²) in [6, 6.07) is 8.76. The number of amides is 1. The molecule has 1 atom stereocenters. The second-order valence-corrected chi connectivity index (χ2v) is 5.25. The van der Waals surface area contributed by atoms with Crippen LogP contribution in [0.2, 0.25) is 0 Å². The van der Waals surface area contributed by atoms with Gasteiger partial charge in [0.2, 0.25) is 0 Å². The number of aromatic hydroxyl groups is 1. The fourth-order valence-corrected chi connectivity index (χ4v) is 2.78. The smallest absolute Gasteiger partial charge is 0.274 e. The zero-order valence-electron chi connectivity index (χ0n) is 11.5. The van der Waals surface area contributed by atoms with Gasteiger partial charge >= 0.3 is 0 Å². The maximum absolute atomic E-state index is 12.3. The van der Waals surface area contributed by atoms with Crippen molar-refractivity contribution in [2.75, 3.05) is 5.73 Å². The van der Waals surface area contributed by atoms with E-state index in [1.807, 2.05) is 18.2 Å². The third-order valence-corrected chi connectivity index (χ3v) is 3.79. The number of carbonyl (C=O) groups is 1. The number of hydrogen-bond donors (Lipinski definition) is 3. The lowest BCUT2D eigenvalue weighted by molar-refractivity contribution is 0.0924. The van der Waals surface area contributed by atoms with E-state index in [1.54, 1.807) is 6.07 Å². The molecule has 1 aromatic heterocycles. The summed E-state index contributed by atoms with van der Waals surface area (Å²) in [7, 11) is 0. The summed E-state index contributed by atoms with van der Waals surface area (Å²) < 4.78 is 0. The van der Waals surface area contributed by atoms with E-state index < -0.39 is 0 Å². The lowest BCUT2D eigenvalue weighted by atomic mass is 9.87. The Morgan fingerprint density at radius 2 is 2.24 bits per heavy atom. The molecule has 21 heavy (non-hydrogen) atoms. The van der Waals surface area contributed by atoms with Gasteiger partial charge in [-0.05, 0) is 54.7 Å². The van der Waals surface area contributed by atoms with Gasteiger partial charge < -0.3 is 16.2 Å². The molecule has 2 aromatic rings. The highest BCUT2D eigenvalue weighted by molar-refractivity contribution is 5.95. The van der Waals surface area contributed by atoms with Gasteiger partial charge in [-0.15, -0.1) is 0 Å². The largest absolute Gasteiger partial charge is 0.505 e. The summed E-state index contributed by atoms with van der Waals surface area (Å²) in [6.45, 7) is 0. The zero-order chi connectivity index (χ0) is 14.8. The third-order valence-electron chi connectivity index (χ3n) is 3.79. The van der Waals surface area contributed by atoms with E-state index in [0.717, 1.165) is 30.5 Å². The Bertz CT molecular complexity index is 685. The van der Waals surface area contributed by atoms with Crippen LogP contribution in [0.15, 0.2) is 36.5 Å². The van der Waals surface area contributed by atoms with Crippen molar-refractivity contribution in [3.05, 3.63) is 53.3 Å². The van der Waals surface area contributed by atoms with Gasteiger partial charge in [-0.3, -0.25) is 4.79 Å². The van der Waals surface area contributed by atoms with Crippen molar-refractivity contribution in [2.45, 2.75) is 25.3 Å². The Balaban J connectivity index is 1.84. The molecule has 3 rings (SSSR count). The van der Waals surface area contributed by atoms with Gasteiger partial charge in [0.15, 0.2) is 5.69 Å². The topological polar surface area (TPSA) is 88.2 Å². The van der Waals surface area contributed by atoms with E-state index in [9.17, 15) is 9.90 Å². The Hall–Kier alpha value is -2.56. The molecule has 0 aliphatic heterocycles. The molecular weight excluding hydrogens is 266 g/mol. The quantitative estimate of drug-likeness (QED) is 0.737. The molecule has 1 heterocycles. The highest BCUT2D eigenvalue weighted by Crippen LogP contribution is 2.31. The number of benzene rings is 1. The van der Waals surface area contributed by atoms with Crippen molar-refractivity contribution in [2.24, 2.45) is 0 Å². The molecule has 0 saturated heterocycles. The van der Waals surface area contributed by atoms with Crippen LogP contribution in [-0.2, 0) is 6.42 Å². The summed E-state index contributed by atoms with van der Waals surface area (Å²) in [5.41, 5.74) is 8.88. The first-order chi connectivity index (χ1) is 10.1. The predicted molar refractivity (Wildman–Crippen MR) is 79.9 cm³/mol. The molecule has 0 fully saturated rings. The first kappa shape index (κ1) is 13.4. The normalized spacial score (nSPS) is 17.0.